The van der Waals surface area contributed by atoms with Crippen LogP contribution in [0.15, 0.2) is 0 Å². The van der Waals surface area contributed by atoms with Crippen LogP contribution >= 0.6 is 0 Å². The molecule has 1 atom stereocenters. The second-order valence-electron chi connectivity index (χ2n) is 2.66. The fourth-order valence-electron chi connectivity index (χ4n) is 0.757. The van der Waals surface area contributed by atoms with Crippen LogP contribution in [0.25, 0.3) is 0 Å². The fourth-order valence-corrected chi connectivity index (χ4v) is 0.757. The molecule has 0 bridgehead atoms. The summed E-state index contributed by atoms with van der Waals surface area (Å²) < 4.78 is 0. The quantitative estimate of drug-likeness (QED) is 0.524. The van der Waals surface area contributed by atoms with Gasteiger partial charge in [-0.3, -0.25) is 0 Å². The van der Waals surface area contributed by atoms with Crippen LogP contribution in [0.4, 0.5) is 0 Å². The van der Waals surface area contributed by atoms with E-state index in [1.165, 1.54) is 25.7 Å². The molecule has 0 saturated carbocycles. The average Bonchev–Trinajstić information content (AvgIpc) is 1.83. The molecule has 0 saturated heterocycles. The van der Waals surface area contributed by atoms with Crippen molar-refractivity contribution >= 4 is 29.6 Å². The molecule has 0 rings (SSSR count). The van der Waals surface area contributed by atoms with Crippen molar-refractivity contribution in [2.45, 2.75) is 46.5 Å². The Hall–Kier alpha value is 1.00. The Morgan fingerprint density at radius 1 is 1.22 bits per heavy atom. The molecule has 0 spiro atoms. The third kappa shape index (κ3) is 9.00. The van der Waals surface area contributed by atoms with Gasteiger partial charge in [-0.25, -0.2) is 0 Å². The van der Waals surface area contributed by atoms with Crippen molar-refractivity contribution in [2.75, 3.05) is 0 Å². The Balaban J connectivity index is 0. The molecule has 0 aliphatic rings. The molecule has 0 aromatic heterocycles. The molecule has 0 radical (unpaired) electrons. The van der Waals surface area contributed by atoms with E-state index >= 15 is 0 Å². The average molecular weight is 138 g/mol. The van der Waals surface area contributed by atoms with Crippen LogP contribution in [-0.4, -0.2) is 29.6 Å². The normalized spacial score (nSPS) is 12.3. The Labute approximate surface area is 81.7 Å². The molecule has 0 amide bonds. The Morgan fingerprint density at radius 2 is 1.78 bits per heavy atom. The number of rotatable bonds is 4. The summed E-state index contributed by atoms with van der Waals surface area (Å²) in [7, 11) is 0. The zero-order chi connectivity index (χ0) is 6.41. The Morgan fingerprint density at radius 3 is 2.11 bits per heavy atom. The van der Waals surface area contributed by atoms with Crippen molar-refractivity contribution in [3.8, 4) is 0 Å². The number of unbranched alkanes of at least 4 members (excludes halogenated alkanes) is 1. The van der Waals surface area contributed by atoms with Crippen molar-refractivity contribution in [2.24, 2.45) is 5.92 Å². The molecule has 1 unspecified atom stereocenters. The van der Waals surface area contributed by atoms with Crippen LogP contribution in [0, 0.1) is 5.92 Å². The van der Waals surface area contributed by atoms with Gasteiger partial charge in [0, 0.05) is 0 Å². The SMILES string of the molecule is CCCCC(C)CC.[NaH]. The fraction of sp³-hybridized carbons (Fsp3) is 1.00. The van der Waals surface area contributed by atoms with Crippen molar-refractivity contribution in [1.29, 1.82) is 0 Å². The second kappa shape index (κ2) is 9.00. The summed E-state index contributed by atoms with van der Waals surface area (Å²) >= 11 is 0. The van der Waals surface area contributed by atoms with Crippen molar-refractivity contribution in [3.05, 3.63) is 0 Å². The number of hydrogen-bond acceptors (Lipinski definition) is 0. The monoisotopic (exact) mass is 138 g/mol. The summed E-state index contributed by atoms with van der Waals surface area (Å²) in [5.41, 5.74) is 0. The van der Waals surface area contributed by atoms with Crippen LogP contribution < -0.4 is 0 Å². The van der Waals surface area contributed by atoms with Gasteiger partial charge in [0.15, 0.2) is 0 Å². The van der Waals surface area contributed by atoms with E-state index in [0.29, 0.717) is 0 Å². The zero-order valence-corrected chi connectivity index (χ0v) is 6.41. The standard InChI is InChI=1S/C8H18.Na.H/c1-4-6-7-8(3)5-2;;/h8H,4-7H2,1-3H3;;. The van der Waals surface area contributed by atoms with Crippen molar-refractivity contribution < 1.29 is 0 Å². The van der Waals surface area contributed by atoms with Gasteiger partial charge < -0.3 is 0 Å². The van der Waals surface area contributed by atoms with E-state index in [4.69, 9.17) is 0 Å². The van der Waals surface area contributed by atoms with Gasteiger partial charge in [-0.15, -0.1) is 0 Å². The van der Waals surface area contributed by atoms with Crippen LogP contribution in [-0.2, 0) is 0 Å². The molecule has 0 heterocycles. The predicted octanol–water partition coefficient (Wildman–Crippen LogP) is 2.57. The molecule has 0 aliphatic heterocycles. The van der Waals surface area contributed by atoms with E-state index < -0.39 is 0 Å². The number of hydrogen-bond donors (Lipinski definition) is 0. The topological polar surface area (TPSA) is 0 Å². The van der Waals surface area contributed by atoms with Gasteiger partial charge in [-0.2, -0.15) is 0 Å². The summed E-state index contributed by atoms with van der Waals surface area (Å²) in [6, 6.07) is 0. The molecule has 52 valence electrons. The second-order valence-corrected chi connectivity index (χ2v) is 2.66. The van der Waals surface area contributed by atoms with Gasteiger partial charge in [-0.1, -0.05) is 46.5 Å². The van der Waals surface area contributed by atoms with Gasteiger partial charge in [-0.05, 0) is 5.92 Å². The predicted molar refractivity (Wildman–Crippen MR) is 46.1 cm³/mol. The summed E-state index contributed by atoms with van der Waals surface area (Å²) in [5.74, 6) is 0.954. The van der Waals surface area contributed by atoms with E-state index in [2.05, 4.69) is 20.8 Å². The third-order valence-electron chi connectivity index (χ3n) is 1.75. The van der Waals surface area contributed by atoms with E-state index in [1.54, 1.807) is 0 Å². The first-order valence-electron chi connectivity index (χ1n) is 3.81. The van der Waals surface area contributed by atoms with Gasteiger partial charge in [0.1, 0.15) is 0 Å². The molecule has 0 aliphatic carbocycles. The Kier molecular flexibility index (Phi) is 12.7. The van der Waals surface area contributed by atoms with Crippen molar-refractivity contribution in [3.63, 3.8) is 0 Å². The molecule has 0 aromatic rings. The van der Waals surface area contributed by atoms with E-state index in [0.717, 1.165) is 5.92 Å². The van der Waals surface area contributed by atoms with Crippen LogP contribution in [0.3, 0.4) is 0 Å². The van der Waals surface area contributed by atoms with Crippen molar-refractivity contribution in [1.82, 2.24) is 0 Å². The van der Waals surface area contributed by atoms with Crippen LogP contribution in [0.5, 0.6) is 0 Å². The minimum absolute atomic E-state index is 0. The van der Waals surface area contributed by atoms with Crippen LogP contribution in [0.2, 0.25) is 0 Å². The summed E-state index contributed by atoms with van der Waals surface area (Å²) in [6.45, 7) is 6.85. The van der Waals surface area contributed by atoms with Gasteiger partial charge in [0.05, 0.1) is 0 Å². The summed E-state index contributed by atoms with van der Waals surface area (Å²) in [5, 5.41) is 0. The van der Waals surface area contributed by atoms with Gasteiger partial charge in [0.25, 0.3) is 0 Å². The summed E-state index contributed by atoms with van der Waals surface area (Å²) in [4.78, 5) is 0. The summed E-state index contributed by atoms with van der Waals surface area (Å²) in [6.07, 6.45) is 5.53. The minimum atomic E-state index is 0. The molecule has 9 heavy (non-hydrogen) atoms. The molecule has 1 heteroatoms. The first-order valence-corrected chi connectivity index (χ1v) is 3.81. The zero-order valence-electron chi connectivity index (χ0n) is 6.41. The van der Waals surface area contributed by atoms with Gasteiger partial charge in [0.2, 0.25) is 0 Å². The Bertz CT molecular complexity index is 43.8. The first-order chi connectivity index (χ1) is 3.81. The first kappa shape index (κ1) is 12.7. The third-order valence-corrected chi connectivity index (χ3v) is 1.75. The van der Waals surface area contributed by atoms with E-state index in [1.807, 2.05) is 0 Å². The van der Waals surface area contributed by atoms with Crippen LogP contribution in [0.1, 0.15) is 46.5 Å². The molecule has 0 fully saturated rings. The maximum atomic E-state index is 2.33. The van der Waals surface area contributed by atoms with Gasteiger partial charge >= 0.3 is 29.6 Å². The molecular weight excluding hydrogens is 119 g/mol. The molecular formula is C8H19Na. The van der Waals surface area contributed by atoms with E-state index in [-0.39, 0.29) is 29.6 Å². The van der Waals surface area contributed by atoms with E-state index in [9.17, 15) is 0 Å². The molecule has 0 N–H and O–H groups in total. The molecule has 0 nitrogen and oxygen atoms in total. The maximum absolute atomic E-state index is 2.33. The molecule has 0 aromatic carbocycles.